The van der Waals surface area contributed by atoms with Crippen molar-refractivity contribution in [1.82, 2.24) is 4.98 Å². The normalized spacial score (nSPS) is 10.4. The molecule has 0 radical (unpaired) electrons. The van der Waals surface area contributed by atoms with Crippen LogP contribution < -0.4 is 17.2 Å². The quantitative estimate of drug-likeness (QED) is 0.614. The van der Waals surface area contributed by atoms with Crippen molar-refractivity contribution in [2.45, 2.75) is 0 Å². The third kappa shape index (κ3) is 1.38. The van der Waals surface area contributed by atoms with E-state index in [0.717, 1.165) is 4.39 Å². The number of halogens is 1. The molecule has 0 aliphatic heterocycles. The van der Waals surface area contributed by atoms with Gasteiger partial charge in [-0.2, -0.15) is 0 Å². The van der Waals surface area contributed by atoms with Gasteiger partial charge in [-0.05, 0) is 0 Å². The Morgan fingerprint density at radius 2 is 1.93 bits per heavy atom. The fourth-order valence-corrected chi connectivity index (χ4v) is 3.47. The van der Waals surface area contributed by atoms with Crippen LogP contribution in [0.1, 0.15) is 4.44 Å². The molecule has 0 unspecified atom stereocenters. The Morgan fingerprint density at radius 1 is 1.27 bits per heavy atom. The molecule has 2 heterocycles. The number of hydrogen-bond donors (Lipinski definition) is 3. The number of nitrogen functional groups attached to an aromatic ring is 3. The number of anilines is 3. The van der Waals surface area contributed by atoms with Crippen LogP contribution in [0.2, 0.25) is 0 Å². The van der Waals surface area contributed by atoms with Crippen LogP contribution in [0.15, 0.2) is 4.47 Å². The summed E-state index contributed by atoms with van der Waals surface area (Å²) in [4.78, 5) is 4.17. The minimum atomic E-state index is -0.183. The molecular weight excluding hydrogens is 325 g/mol. The van der Waals surface area contributed by atoms with Crippen molar-refractivity contribution < 1.29 is 0 Å². The Hall–Kier alpha value is -1.22. The number of nitriles is 1. The van der Waals surface area contributed by atoms with Gasteiger partial charge in [0.2, 0.25) is 0 Å². The second kappa shape index (κ2) is 3.42. The van der Waals surface area contributed by atoms with Gasteiger partial charge in [0.25, 0.3) is 0 Å². The summed E-state index contributed by atoms with van der Waals surface area (Å²) >= 11 is 3.05. The molecule has 0 bridgehead atoms. The van der Waals surface area contributed by atoms with Gasteiger partial charge >= 0.3 is 99.8 Å². The third-order valence-electron chi connectivity index (χ3n) is 1.98. The average Bonchev–Trinajstić information content (AvgIpc) is 2.52. The van der Waals surface area contributed by atoms with Gasteiger partial charge in [-0.3, -0.25) is 0 Å². The first-order chi connectivity index (χ1) is 7.06. The number of hydrogen-bond acceptors (Lipinski definition) is 5. The van der Waals surface area contributed by atoms with E-state index in [1.807, 2.05) is 0 Å². The summed E-state index contributed by atoms with van der Waals surface area (Å²) in [6.07, 6.45) is 0. The third-order valence-corrected chi connectivity index (χ3v) is 4.92. The van der Waals surface area contributed by atoms with Crippen molar-refractivity contribution in [3.05, 3.63) is 8.91 Å². The fourth-order valence-electron chi connectivity index (χ4n) is 1.26. The zero-order valence-electron chi connectivity index (χ0n) is 7.41. The number of nitrogens with two attached hydrogens (primary N) is 3. The maximum absolute atomic E-state index is 8.85. The van der Waals surface area contributed by atoms with Gasteiger partial charge in [0.05, 0.1) is 0 Å². The minimum absolute atomic E-state index is 0.183. The summed E-state index contributed by atoms with van der Waals surface area (Å²) < 4.78 is 1.82. The van der Waals surface area contributed by atoms with Crippen LogP contribution in [0.5, 0.6) is 0 Å². The molecular formula is C8H6BrN5Se. The molecule has 0 saturated heterocycles. The Kier molecular flexibility index (Phi) is 2.35. The standard InChI is InChI=1S/C8H6BrN5Se/c9-4-6(12)3-5(11)2(1-10)15-8(3)14-7(4)13/h11H2,(H4,12,13,14). The van der Waals surface area contributed by atoms with Crippen molar-refractivity contribution in [1.29, 1.82) is 5.26 Å². The molecule has 15 heavy (non-hydrogen) atoms. The van der Waals surface area contributed by atoms with Crippen molar-refractivity contribution in [2.75, 3.05) is 17.2 Å². The van der Waals surface area contributed by atoms with Crippen molar-refractivity contribution in [3.8, 4) is 6.07 Å². The summed E-state index contributed by atoms with van der Waals surface area (Å²) in [5, 5.41) is 9.51. The van der Waals surface area contributed by atoms with E-state index in [1.54, 1.807) is 0 Å². The molecule has 2 aromatic rings. The van der Waals surface area contributed by atoms with Crippen LogP contribution in [0.25, 0.3) is 9.78 Å². The van der Waals surface area contributed by atoms with Gasteiger partial charge in [0.15, 0.2) is 0 Å². The molecule has 0 spiro atoms. The maximum atomic E-state index is 8.85. The fraction of sp³-hybridized carbons (Fsp3) is 0. The van der Waals surface area contributed by atoms with Gasteiger partial charge in [0, 0.05) is 0 Å². The number of aromatic nitrogens is 1. The molecule has 5 nitrogen and oxygen atoms in total. The van der Waals surface area contributed by atoms with E-state index in [-0.39, 0.29) is 14.5 Å². The molecule has 0 amide bonds. The topological polar surface area (TPSA) is 115 Å². The molecule has 2 aromatic heterocycles. The number of fused-ring (bicyclic) bond motifs is 1. The first-order valence-electron chi connectivity index (χ1n) is 3.88. The van der Waals surface area contributed by atoms with Crippen LogP contribution in [-0.2, 0) is 0 Å². The summed E-state index contributed by atoms with van der Waals surface area (Å²) in [6.45, 7) is 0. The molecule has 0 aliphatic carbocycles. The Labute approximate surface area is 99.7 Å². The van der Waals surface area contributed by atoms with Crippen LogP contribution in [0, 0.1) is 11.3 Å². The molecule has 6 N–H and O–H groups in total. The molecule has 0 atom stereocenters. The van der Waals surface area contributed by atoms with E-state index >= 15 is 0 Å². The van der Waals surface area contributed by atoms with Gasteiger partial charge < -0.3 is 0 Å². The molecule has 0 aromatic carbocycles. The zero-order valence-corrected chi connectivity index (χ0v) is 10.7. The van der Waals surface area contributed by atoms with E-state index in [1.165, 1.54) is 0 Å². The van der Waals surface area contributed by atoms with Crippen LogP contribution >= 0.6 is 15.9 Å². The van der Waals surface area contributed by atoms with Crippen molar-refractivity contribution >= 4 is 57.4 Å². The molecule has 0 fully saturated rings. The van der Waals surface area contributed by atoms with E-state index in [9.17, 15) is 0 Å². The number of nitrogens with zero attached hydrogens (tertiary/aromatic N) is 2. The monoisotopic (exact) mass is 331 g/mol. The van der Waals surface area contributed by atoms with E-state index < -0.39 is 0 Å². The SMILES string of the molecule is N#Cc1[se]c2nc(N)c(Br)c(N)c2c1N. The predicted octanol–water partition coefficient (Wildman–Crippen LogP) is 0.673. The van der Waals surface area contributed by atoms with Crippen molar-refractivity contribution in [2.24, 2.45) is 0 Å². The van der Waals surface area contributed by atoms with Gasteiger partial charge in [0.1, 0.15) is 0 Å². The van der Waals surface area contributed by atoms with E-state index in [0.29, 0.717) is 31.5 Å². The molecule has 0 saturated carbocycles. The van der Waals surface area contributed by atoms with Crippen LogP contribution in [0.3, 0.4) is 0 Å². The van der Waals surface area contributed by atoms with Crippen LogP contribution in [0.4, 0.5) is 17.2 Å². The van der Waals surface area contributed by atoms with E-state index in [2.05, 4.69) is 27.0 Å². The second-order valence-electron chi connectivity index (χ2n) is 2.86. The zero-order chi connectivity index (χ0) is 11.2. The first-order valence-corrected chi connectivity index (χ1v) is 6.39. The van der Waals surface area contributed by atoms with E-state index in [4.69, 9.17) is 22.5 Å². The average molecular weight is 331 g/mol. The number of pyridine rings is 1. The van der Waals surface area contributed by atoms with Gasteiger partial charge in [-0.15, -0.1) is 0 Å². The Balaban J connectivity index is 2.98. The summed E-state index contributed by atoms with van der Waals surface area (Å²) in [7, 11) is 0. The summed E-state index contributed by atoms with van der Waals surface area (Å²) in [5.74, 6) is 0.333. The molecule has 2 rings (SSSR count). The molecule has 0 aliphatic rings. The Bertz CT molecular complexity index is 597. The summed E-state index contributed by atoms with van der Waals surface area (Å²) in [5.41, 5.74) is 18.2. The van der Waals surface area contributed by atoms with Crippen LogP contribution in [-0.4, -0.2) is 19.5 Å². The predicted molar refractivity (Wildman–Crippen MR) is 64.3 cm³/mol. The summed E-state index contributed by atoms with van der Waals surface area (Å²) in [6, 6.07) is 2.06. The Morgan fingerprint density at radius 3 is 2.53 bits per heavy atom. The van der Waals surface area contributed by atoms with Crippen molar-refractivity contribution in [3.63, 3.8) is 0 Å². The first kappa shape index (κ1) is 10.3. The molecule has 76 valence electrons. The molecule has 7 heteroatoms. The second-order valence-corrected chi connectivity index (χ2v) is 5.75. The number of rotatable bonds is 0. The van der Waals surface area contributed by atoms with Gasteiger partial charge in [-0.1, -0.05) is 0 Å². The van der Waals surface area contributed by atoms with Gasteiger partial charge in [-0.25, -0.2) is 0 Å².